The molecule has 0 saturated carbocycles. The first-order chi connectivity index (χ1) is 12.0. The number of nitrogens with zero attached hydrogens (tertiary/aromatic N) is 3. The molecule has 1 aliphatic heterocycles. The summed E-state index contributed by atoms with van der Waals surface area (Å²) in [5.74, 6) is -1.04. The second kappa shape index (κ2) is 6.84. The molecule has 8 heteroatoms. The molecule has 0 radical (unpaired) electrons. The van der Waals surface area contributed by atoms with Crippen molar-refractivity contribution in [3.05, 3.63) is 46.0 Å². The molecule has 1 aliphatic rings. The highest BCUT2D eigenvalue weighted by Crippen LogP contribution is 2.11. The summed E-state index contributed by atoms with van der Waals surface area (Å²) < 4.78 is 1.31. The fourth-order valence-electron chi connectivity index (χ4n) is 2.76. The van der Waals surface area contributed by atoms with Gasteiger partial charge in [-0.05, 0) is 31.0 Å². The highest BCUT2D eigenvalue weighted by molar-refractivity contribution is 5.97. The molecule has 0 unspecified atom stereocenters. The number of rotatable bonds is 4. The number of hydrogen-bond acceptors (Lipinski definition) is 5. The second-order valence-electron chi connectivity index (χ2n) is 5.96. The van der Waals surface area contributed by atoms with Crippen LogP contribution in [0.4, 0.5) is 0 Å². The smallest absolute Gasteiger partial charge is 0.270 e. The fraction of sp³-hybridized carbons (Fsp3) is 0.353. The molecule has 3 heterocycles. The van der Waals surface area contributed by atoms with Gasteiger partial charge in [0.05, 0.1) is 0 Å². The van der Waals surface area contributed by atoms with Crippen molar-refractivity contribution < 1.29 is 14.4 Å². The van der Waals surface area contributed by atoms with Gasteiger partial charge >= 0.3 is 0 Å². The quantitative estimate of drug-likeness (QED) is 0.804. The molecule has 8 nitrogen and oxygen atoms in total. The van der Waals surface area contributed by atoms with Gasteiger partial charge in [0, 0.05) is 38.3 Å². The number of piperidine rings is 1. The molecule has 0 aliphatic carbocycles. The summed E-state index contributed by atoms with van der Waals surface area (Å²) in [5.41, 5.74) is 0.872. The van der Waals surface area contributed by atoms with E-state index in [0.717, 1.165) is 10.5 Å². The maximum atomic E-state index is 12.4. The van der Waals surface area contributed by atoms with E-state index in [1.165, 1.54) is 10.6 Å². The lowest BCUT2D eigenvalue weighted by atomic mass is 10.1. The summed E-state index contributed by atoms with van der Waals surface area (Å²) in [6.07, 6.45) is 4.06. The average Bonchev–Trinajstić information content (AvgIpc) is 2.57. The predicted octanol–water partition coefficient (Wildman–Crippen LogP) is 0.272. The number of hydrogen-bond donors (Lipinski definition) is 1. The Morgan fingerprint density at radius 1 is 1.24 bits per heavy atom. The van der Waals surface area contributed by atoms with Crippen molar-refractivity contribution in [1.82, 2.24) is 19.6 Å². The summed E-state index contributed by atoms with van der Waals surface area (Å²) in [6, 6.07) is 3.50. The highest BCUT2D eigenvalue weighted by Gasteiger charge is 2.25. The van der Waals surface area contributed by atoms with Gasteiger partial charge in [-0.25, -0.2) is 4.98 Å². The number of fused-ring (bicyclic) bond motifs is 1. The minimum absolute atomic E-state index is 0.0855. The van der Waals surface area contributed by atoms with Gasteiger partial charge in [0.1, 0.15) is 11.2 Å². The third-order valence-electron chi connectivity index (χ3n) is 4.11. The Labute approximate surface area is 143 Å². The van der Waals surface area contributed by atoms with Gasteiger partial charge in [-0.2, -0.15) is 0 Å². The monoisotopic (exact) mass is 342 g/mol. The van der Waals surface area contributed by atoms with Crippen LogP contribution >= 0.6 is 0 Å². The maximum Gasteiger partial charge on any atom is 0.270 e. The predicted molar refractivity (Wildman–Crippen MR) is 89.1 cm³/mol. The maximum absolute atomic E-state index is 12.4. The molecular weight excluding hydrogens is 324 g/mol. The van der Waals surface area contributed by atoms with E-state index >= 15 is 0 Å². The van der Waals surface area contributed by atoms with Gasteiger partial charge in [0.15, 0.2) is 0 Å². The van der Waals surface area contributed by atoms with Crippen molar-refractivity contribution in [3.63, 3.8) is 0 Å². The van der Waals surface area contributed by atoms with E-state index < -0.39 is 11.5 Å². The lowest BCUT2D eigenvalue weighted by Gasteiger charge is -2.24. The summed E-state index contributed by atoms with van der Waals surface area (Å²) in [5, 5.41) is 2.57. The van der Waals surface area contributed by atoms with Crippen molar-refractivity contribution in [2.75, 3.05) is 13.1 Å². The van der Waals surface area contributed by atoms with Crippen LogP contribution in [-0.2, 0) is 9.59 Å². The van der Waals surface area contributed by atoms with E-state index in [9.17, 15) is 19.2 Å². The van der Waals surface area contributed by atoms with Crippen molar-refractivity contribution in [2.24, 2.45) is 0 Å². The Morgan fingerprint density at radius 3 is 2.68 bits per heavy atom. The Morgan fingerprint density at radius 2 is 1.96 bits per heavy atom. The van der Waals surface area contributed by atoms with E-state index in [4.69, 9.17) is 0 Å². The molecule has 1 saturated heterocycles. The van der Waals surface area contributed by atoms with Gasteiger partial charge in [0.2, 0.25) is 11.8 Å². The highest BCUT2D eigenvalue weighted by atomic mass is 16.2. The molecule has 0 bridgehead atoms. The van der Waals surface area contributed by atoms with E-state index in [1.807, 2.05) is 6.92 Å². The second-order valence-corrected chi connectivity index (χ2v) is 5.96. The summed E-state index contributed by atoms with van der Waals surface area (Å²) >= 11 is 0. The van der Waals surface area contributed by atoms with Crippen molar-refractivity contribution >= 4 is 23.4 Å². The average molecular weight is 342 g/mol. The lowest BCUT2D eigenvalue weighted by Crippen LogP contribution is -2.45. The van der Waals surface area contributed by atoms with Crippen LogP contribution in [0, 0.1) is 6.92 Å². The minimum Gasteiger partial charge on any atom is -0.350 e. The van der Waals surface area contributed by atoms with Gasteiger partial charge in [-0.3, -0.25) is 28.5 Å². The first-order valence-electron chi connectivity index (χ1n) is 8.07. The van der Waals surface area contributed by atoms with Gasteiger partial charge in [-0.1, -0.05) is 0 Å². The zero-order valence-corrected chi connectivity index (χ0v) is 13.8. The van der Waals surface area contributed by atoms with Gasteiger partial charge in [0.25, 0.3) is 11.5 Å². The molecule has 0 spiro atoms. The van der Waals surface area contributed by atoms with Crippen LogP contribution in [0.15, 0.2) is 29.3 Å². The zero-order valence-electron chi connectivity index (χ0n) is 13.8. The van der Waals surface area contributed by atoms with Crippen LogP contribution in [0.2, 0.25) is 0 Å². The molecule has 130 valence electrons. The van der Waals surface area contributed by atoms with Crippen LogP contribution in [0.1, 0.15) is 35.2 Å². The molecule has 25 heavy (non-hydrogen) atoms. The first kappa shape index (κ1) is 16.8. The molecule has 1 N–H and O–H groups in total. The number of aryl methyl sites for hydroxylation is 1. The molecule has 2 aromatic rings. The molecule has 0 aromatic carbocycles. The topological polar surface area (TPSA) is 101 Å². The summed E-state index contributed by atoms with van der Waals surface area (Å²) in [4.78, 5) is 53.3. The van der Waals surface area contributed by atoms with E-state index in [-0.39, 0.29) is 30.5 Å². The number of likely N-dealkylation sites (tertiary alicyclic amines) is 1. The number of carbonyl (C=O) groups excluding carboxylic acids is 3. The number of carbonyl (C=O) groups is 3. The van der Waals surface area contributed by atoms with Crippen LogP contribution in [0.25, 0.3) is 5.65 Å². The Balaban J connectivity index is 1.69. The van der Waals surface area contributed by atoms with E-state index in [2.05, 4.69) is 10.3 Å². The van der Waals surface area contributed by atoms with Crippen LogP contribution in [0.3, 0.4) is 0 Å². The fourth-order valence-corrected chi connectivity index (χ4v) is 2.76. The number of nitrogens with one attached hydrogen (secondary N) is 1. The van der Waals surface area contributed by atoms with E-state index in [0.29, 0.717) is 24.9 Å². The SMILES string of the molecule is Cc1ccn2c(=O)c(C(=O)NCCN3C(=O)CCCC3=O)cnc2c1. The Bertz CT molecular complexity index is 902. The molecule has 1 fully saturated rings. The molecule has 2 aromatic heterocycles. The molecular formula is C17H18N4O4. The summed E-state index contributed by atoms with van der Waals surface area (Å²) in [7, 11) is 0. The Kier molecular flexibility index (Phi) is 4.60. The van der Waals surface area contributed by atoms with Crippen LogP contribution in [0.5, 0.6) is 0 Å². The van der Waals surface area contributed by atoms with Crippen molar-refractivity contribution in [3.8, 4) is 0 Å². The van der Waals surface area contributed by atoms with Crippen molar-refractivity contribution in [1.29, 1.82) is 0 Å². The van der Waals surface area contributed by atoms with Gasteiger partial charge in [-0.15, -0.1) is 0 Å². The summed E-state index contributed by atoms with van der Waals surface area (Å²) in [6.45, 7) is 2.08. The largest absolute Gasteiger partial charge is 0.350 e. The number of pyridine rings is 1. The third-order valence-corrected chi connectivity index (χ3v) is 4.11. The van der Waals surface area contributed by atoms with Crippen molar-refractivity contribution in [2.45, 2.75) is 26.2 Å². The van der Waals surface area contributed by atoms with Crippen LogP contribution in [-0.4, -0.2) is 45.1 Å². The molecule has 3 amide bonds. The Hall–Kier alpha value is -3.03. The zero-order chi connectivity index (χ0) is 18.0. The number of amides is 3. The normalized spacial score (nSPS) is 14.8. The standard InChI is InChI=1S/C17H18N4O4/c1-11-5-7-20-13(9-11)19-10-12(17(20)25)16(24)18-6-8-21-14(22)3-2-4-15(21)23/h5,7,9-10H,2-4,6,8H2,1H3,(H,18,24). The lowest BCUT2D eigenvalue weighted by molar-refractivity contribution is -0.147. The first-order valence-corrected chi connectivity index (χ1v) is 8.07. The van der Waals surface area contributed by atoms with Crippen LogP contribution < -0.4 is 10.9 Å². The minimum atomic E-state index is -0.579. The number of imide groups is 1. The number of aromatic nitrogens is 2. The molecule has 0 atom stereocenters. The van der Waals surface area contributed by atoms with Gasteiger partial charge < -0.3 is 5.32 Å². The van der Waals surface area contributed by atoms with E-state index in [1.54, 1.807) is 18.3 Å². The molecule has 3 rings (SSSR count). The third kappa shape index (κ3) is 3.42.